The van der Waals surface area contributed by atoms with Crippen molar-refractivity contribution >= 4 is 63.9 Å². The number of aromatic nitrogens is 5. The van der Waals surface area contributed by atoms with Crippen molar-refractivity contribution in [3.8, 4) is 17.6 Å². The van der Waals surface area contributed by atoms with E-state index in [0.29, 0.717) is 22.8 Å². The number of imidazole rings is 1. The van der Waals surface area contributed by atoms with Gasteiger partial charge in [0, 0.05) is 67.5 Å². The van der Waals surface area contributed by atoms with Crippen LogP contribution in [0.5, 0.6) is 11.5 Å². The first-order valence-electron chi connectivity index (χ1n) is 26.2. The molecular weight excluding hydrogens is 1110 g/mol. The predicted molar refractivity (Wildman–Crippen MR) is 310 cm³/mol. The van der Waals surface area contributed by atoms with Gasteiger partial charge in [-0.3, -0.25) is 13.8 Å². The van der Waals surface area contributed by atoms with E-state index in [-0.39, 0.29) is 49.0 Å². The standard InChI is InChI=1S/C56H66N8O13P2SSi/c1-55(2,3)81(8,9)77-50-47(74-53(51(50)75-78(66)67)64-31-26-48(65)62-32-29-59-54(62)64)36-72-79(80,71-33-13-27-57)76-45-34-49(63-30-25-43-44(60-37-61(4)5)24-28-58-52(43)63)73-46(45)35-70-56(38-14-11-10-12-15-38,39-16-20-41(68-6)21-17-39)40-18-22-42(69-7)23-19-40/h10-12,14-26,28-32,37,45-47,49-51,53H,13,33-36H2,1-9H3/p+1/t45-,46+,47+,49+,50+,51+,53+,79?/m0/s1. The molecule has 0 amide bonds. The zero-order valence-corrected chi connectivity index (χ0v) is 50.1. The highest BCUT2D eigenvalue weighted by Crippen LogP contribution is 2.56. The van der Waals surface area contributed by atoms with Gasteiger partial charge in [0.1, 0.15) is 47.3 Å². The Bertz CT molecular complexity index is 3430. The van der Waals surface area contributed by atoms with E-state index in [2.05, 4.69) is 31.8 Å². The van der Waals surface area contributed by atoms with Crippen LogP contribution in [0.3, 0.4) is 0 Å². The highest BCUT2D eigenvalue weighted by Gasteiger charge is 2.56. The molecule has 4 aromatic heterocycles. The molecule has 0 aliphatic carbocycles. The van der Waals surface area contributed by atoms with Gasteiger partial charge >= 0.3 is 15.0 Å². The molecule has 1 N–H and O–H groups in total. The molecule has 9 rings (SSSR count). The molecule has 0 bridgehead atoms. The quantitative estimate of drug-likeness (QED) is 0.0148. The van der Waals surface area contributed by atoms with Crippen LogP contribution in [0, 0.1) is 11.3 Å². The molecule has 3 aromatic carbocycles. The summed E-state index contributed by atoms with van der Waals surface area (Å²) in [5, 5.41) is 10.2. The van der Waals surface area contributed by atoms with Crippen LogP contribution in [-0.4, -0.2) is 127 Å². The average Bonchev–Trinajstić information content (AvgIpc) is 4.38. The summed E-state index contributed by atoms with van der Waals surface area (Å²) in [6.07, 6.45) is 2.98. The summed E-state index contributed by atoms with van der Waals surface area (Å²) < 4.78 is 83.1. The van der Waals surface area contributed by atoms with E-state index in [1.165, 1.54) is 29.1 Å². The number of benzene rings is 3. The summed E-state index contributed by atoms with van der Waals surface area (Å²) in [4.78, 5) is 39.1. The van der Waals surface area contributed by atoms with Gasteiger partial charge in [0.2, 0.25) is 5.78 Å². The molecule has 0 radical (unpaired) electrons. The highest BCUT2D eigenvalue weighted by molar-refractivity contribution is 8.07. The van der Waals surface area contributed by atoms with Gasteiger partial charge in [-0.15, -0.1) is 9.42 Å². The third-order valence-corrected chi connectivity index (χ3v) is 22.0. The zero-order valence-electron chi connectivity index (χ0n) is 46.5. The van der Waals surface area contributed by atoms with Crippen LogP contribution in [0.2, 0.25) is 18.1 Å². The van der Waals surface area contributed by atoms with Crippen LogP contribution < -0.4 is 15.0 Å². The number of pyridine rings is 1. The Balaban J connectivity index is 1.11. The van der Waals surface area contributed by atoms with Crippen LogP contribution in [0.1, 0.15) is 62.8 Å². The Hall–Kier alpha value is -6.06. The van der Waals surface area contributed by atoms with Crippen molar-refractivity contribution in [1.29, 1.82) is 5.26 Å². The molecule has 2 unspecified atom stereocenters. The van der Waals surface area contributed by atoms with Crippen molar-refractivity contribution < 1.29 is 55.7 Å². The lowest BCUT2D eigenvalue weighted by molar-refractivity contribution is -0.0927. The Labute approximate surface area is 477 Å². The van der Waals surface area contributed by atoms with Crippen molar-refractivity contribution in [2.24, 2.45) is 4.99 Å². The first kappa shape index (κ1) is 59.6. The van der Waals surface area contributed by atoms with Gasteiger partial charge < -0.3 is 51.1 Å². The Morgan fingerprint density at radius 2 is 1.53 bits per heavy atom. The monoisotopic (exact) mass is 1180 g/mol. The first-order valence-corrected chi connectivity index (χ1v) is 32.8. The summed E-state index contributed by atoms with van der Waals surface area (Å²) in [6, 6.07) is 32.5. The Morgan fingerprint density at radius 1 is 0.864 bits per heavy atom. The zero-order chi connectivity index (χ0) is 57.7. The van der Waals surface area contributed by atoms with Gasteiger partial charge in [0.15, 0.2) is 20.6 Å². The number of nitrogens with zero attached hydrogens (tertiary/aromatic N) is 8. The molecule has 2 aliphatic heterocycles. The van der Waals surface area contributed by atoms with Crippen LogP contribution in [0.25, 0.3) is 16.8 Å². The number of hydrogen-bond acceptors (Lipinski definition) is 17. The molecule has 9 atom stereocenters. The molecule has 2 saturated heterocycles. The molecular formula is C56H67N8O13P2SSi+. The van der Waals surface area contributed by atoms with Crippen LogP contribution in [0.15, 0.2) is 138 Å². The molecule has 0 spiro atoms. The molecule has 25 heteroatoms. The second kappa shape index (κ2) is 25.2. The Kier molecular flexibility index (Phi) is 18.5. The predicted octanol–water partition coefficient (Wildman–Crippen LogP) is 9.96. The minimum Gasteiger partial charge on any atom is -0.497 e. The van der Waals surface area contributed by atoms with E-state index in [0.717, 1.165) is 22.1 Å². The molecule has 7 aromatic rings. The maximum absolute atomic E-state index is 12.9. The van der Waals surface area contributed by atoms with Gasteiger partial charge in [-0.05, 0) is 83.0 Å². The second-order valence-corrected chi connectivity index (χ2v) is 29.6. The first-order chi connectivity index (χ1) is 38.8. The van der Waals surface area contributed by atoms with Crippen molar-refractivity contribution in [2.75, 3.05) is 48.1 Å². The van der Waals surface area contributed by atoms with E-state index in [4.69, 9.17) is 68.0 Å². The minimum atomic E-state index is -3.97. The summed E-state index contributed by atoms with van der Waals surface area (Å²) in [7, 11) is 1.05. The third kappa shape index (κ3) is 12.9. The van der Waals surface area contributed by atoms with Crippen molar-refractivity contribution in [3.05, 3.63) is 155 Å². The van der Waals surface area contributed by atoms with Gasteiger partial charge in [0.05, 0.1) is 64.7 Å². The van der Waals surface area contributed by atoms with Gasteiger partial charge in [-0.1, -0.05) is 75.4 Å². The molecule has 2 fully saturated rings. The average molecular weight is 1180 g/mol. The summed E-state index contributed by atoms with van der Waals surface area (Å²) in [5.41, 5.74) is 2.12. The number of fused-ring (bicyclic) bond motifs is 2. The van der Waals surface area contributed by atoms with Gasteiger partial charge in [0.25, 0.3) is 5.56 Å². The summed E-state index contributed by atoms with van der Waals surface area (Å²) in [6.45, 7) is 5.72. The lowest BCUT2D eigenvalue weighted by Gasteiger charge is -2.40. The number of nitriles is 1. The van der Waals surface area contributed by atoms with Gasteiger partial charge in [-0.25, -0.2) is 15.0 Å². The number of methoxy groups -OCH3 is 2. The largest absolute Gasteiger partial charge is 0.695 e. The number of aliphatic imine (C=N–C) groups is 1. The highest BCUT2D eigenvalue weighted by atomic mass is 32.5. The molecule has 428 valence electrons. The fourth-order valence-electron chi connectivity index (χ4n) is 9.70. The van der Waals surface area contributed by atoms with E-state index >= 15 is 0 Å². The topological polar surface area (TPSA) is 226 Å². The SMILES string of the molecule is COc1ccc(C(OC[C@H]2O[C@@H](n3ccc4c(N=CN(C)C)ccnc43)C[C@@H]2OP(=S)(OCCC#N)OC[C@H]2O[C@@H](n3ccc(=O)n4ccnc34)[C@H](O[P+](=O)O)[C@@H]2O[Si](C)(C)C(C)(C)C)(c2ccccc2)c2ccc(OC)cc2)cc1. The van der Waals surface area contributed by atoms with E-state index < -0.39 is 71.9 Å². The van der Waals surface area contributed by atoms with Crippen molar-refractivity contribution in [2.45, 2.75) is 100 Å². The number of rotatable bonds is 24. The summed E-state index contributed by atoms with van der Waals surface area (Å²) in [5.74, 6) is 1.51. The second-order valence-electron chi connectivity index (χ2n) is 21.2. The van der Waals surface area contributed by atoms with Crippen LogP contribution in [-0.2, 0) is 58.7 Å². The fourth-order valence-corrected chi connectivity index (χ4v) is 13.6. The maximum atomic E-state index is 12.9. The maximum Gasteiger partial charge on any atom is 0.695 e. The minimum absolute atomic E-state index is 0.0460. The van der Waals surface area contributed by atoms with Gasteiger partial charge in [-0.2, -0.15) is 5.26 Å². The van der Waals surface area contributed by atoms with Crippen LogP contribution in [0.4, 0.5) is 5.69 Å². The number of hydrogen-bond donors (Lipinski definition) is 1. The molecule has 21 nitrogen and oxygen atoms in total. The number of ether oxygens (including phenoxy) is 5. The van der Waals surface area contributed by atoms with E-state index in [1.54, 1.807) is 31.3 Å². The van der Waals surface area contributed by atoms with E-state index in [1.807, 2.05) is 134 Å². The Morgan fingerprint density at radius 3 is 2.16 bits per heavy atom. The normalized spacial score (nSPS) is 21.6. The third-order valence-electron chi connectivity index (χ3n) is 14.7. The van der Waals surface area contributed by atoms with Crippen LogP contribution >= 0.6 is 15.0 Å². The van der Waals surface area contributed by atoms with Crippen molar-refractivity contribution in [1.82, 2.24) is 28.4 Å². The molecule has 6 heterocycles. The smallest absolute Gasteiger partial charge is 0.497 e. The van der Waals surface area contributed by atoms with Crippen molar-refractivity contribution in [3.63, 3.8) is 0 Å². The van der Waals surface area contributed by atoms with E-state index in [9.17, 15) is 19.5 Å². The molecule has 0 saturated carbocycles. The molecule has 81 heavy (non-hydrogen) atoms. The lowest BCUT2D eigenvalue weighted by Crippen LogP contribution is -2.50. The lowest BCUT2D eigenvalue weighted by atomic mass is 9.80. The molecule has 2 aliphatic rings. The summed E-state index contributed by atoms with van der Waals surface area (Å²) >= 11 is 6.37. The fraction of sp³-hybridized carbons (Fsp3) is 0.411.